The van der Waals surface area contributed by atoms with Gasteiger partial charge in [-0.25, -0.2) is 0 Å². The second-order valence-corrected chi connectivity index (χ2v) is 1.84. The Kier molecular flexibility index (Phi) is 5.27. The Labute approximate surface area is 56.9 Å². The molecule has 53 valence electrons. The van der Waals surface area contributed by atoms with Crippen LogP contribution in [0.5, 0.6) is 0 Å². The standard InChI is InChI=1S/C7H14NO/c1-4-6-9-8-7(3)5-2/h3-6H2,1-2H3. The highest BCUT2D eigenvalue weighted by Crippen LogP contribution is 1.86. The minimum atomic E-state index is 0.693. The lowest BCUT2D eigenvalue weighted by molar-refractivity contribution is 0.145. The summed E-state index contributed by atoms with van der Waals surface area (Å²) in [5.74, 6) is 0. The van der Waals surface area contributed by atoms with Crippen molar-refractivity contribution in [3.8, 4) is 0 Å². The second-order valence-electron chi connectivity index (χ2n) is 1.84. The molecule has 0 aromatic carbocycles. The van der Waals surface area contributed by atoms with Crippen molar-refractivity contribution in [3.63, 3.8) is 0 Å². The van der Waals surface area contributed by atoms with E-state index in [0.29, 0.717) is 6.61 Å². The van der Waals surface area contributed by atoms with E-state index in [-0.39, 0.29) is 0 Å². The van der Waals surface area contributed by atoms with E-state index in [1.165, 1.54) is 0 Å². The summed E-state index contributed by atoms with van der Waals surface area (Å²) in [6.45, 7) is 8.39. The maximum atomic E-state index is 4.86. The van der Waals surface area contributed by atoms with Gasteiger partial charge in [0.15, 0.2) is 0 Å². The van der Waals surface area contributed by atoms with Crippen molar-refractivity contribution in [2.75, 3.05) is 6.61 Å². The number of hydrogen-bond acceptors (Lipinski definition) is 2. The van der Waals surface area contributed by atoms with E-state index in [4.69, 9.17) is 4.84 Å². The van der Waals surface area contributed by atoms with Crippen molar-refractivity contribution >= 4 is 5.71 Å². The van der Waals surface area contributed by atoms with Crippen LogP contribution in [0.4, 0.5) is 0 Å². The van der Waals surface area contributed by atoms with E-state index in [1.807, 2.05) is 13.8 Å². The summed E-state index contributed by atoms with van der Waals surface area (Å²) in [5.41, 5.74) is 0.809. The van der Waals surface area contributed by atoms with Crippen LogP contribution in [0, 0.1) is 6.92 Å². The molecule has 2 nitrogen and oxygen atoms in total. The van der Waals surface area contributed by atoms with Crippen molar-refractivity contribution in [1.29, 1.82) is 0 Å². The first kappa shape index (κ1) is 8.47. The monoisotopic (exact) mass is 128 g/mol. The van der Waals surface area contributed by atoms with Crippen LogP contribution in [0.3, 0.4) is 0 Å². The van der Waals surface area contributed by atoms with Gasteiger partial charge in [0.05, 0.1) is 5.71 Å². The van der Waals surface area contributed by atoms with Crippen LogP contribution >= 0.6 is 0 Å². The second kappa shape index (κ2) is 5.60. The lowest BCUT2D eigenvalue weighted by Crippen LogP contribution is -1.91. The summed E-state index contributed by atoms with van der Waals surface area (Å²) in [7, 11) is 0. The fraction of sp³-hybridized carbons (Fsp3) is 0.714. The lowest BCUT2D eigenvalue weighted by atomic mass is 10.3. The summed E-state index contributed by atoms with van der Waals surface area (Å²) in [4.78, 5) is 4.86. The molecule has 0 rings (SSSR count). The van der Waals surface area contributed by atoms with Crippen LogP contribution in [-0.2, 0) is 4.84 Å². The predicted octanol–water partition coefficient (Wildman–Crippen LogP) is 2.01. The van der Waals surface area contributed by atoms with E-state index < -0.39 is 0 Å². The van der Waals surface area contributed by atoms with E-state index in [1.54, 1.807) is 0 Å². The fourth-order valence-corrected chi connectivity index (χ4v) is 0.293. The molecule has 0 aliphatic heterocycles. The van der Waals surface area contributed by atoms with Crippen molar-refractivity contribution in [1.82, 2.24) is 0 Å². The highest BCUT2D eigenvalue weighted by atomic mass is 16.6. The Bertz CT molecular complexity index is 88.9. The van der Waals surface area contributed by atoms with E-state index >= 15 is 0 Å². The van der Waals surface area contributed by atoms with Crippen LogP contribution in [0.15, 0.2) is 5.16 Å². The van der Waals surface area contributed by atoms with E-state index in [2.05, 4.69) is 12.1 Å². The predicted molar refractivity (Wildman–Crippen MR) is 39.3 cm³/mol. The minimum absolute atomic E-state index is 0.693. The summed E-state index contributed by atoms with van der Waals surface area (Å²) in [6.07, 6.45) is 1.87. The largest absolute Gasteiger partial charge is 0.396 e. The van der Waals surface area contributed by atoms with Crippen molar-refractivity contribution in [2.45, 2.75) is 26.7 Å². The van der Waals surface area contributed by atoms with Gasteiger partial charge in [-0.05, 0) is 19.8 Å². The molecular formula is C7H14NO. The maximum absolute atomic E-state index is 4.86. The summed E-state index contributed by atoms with van der Waals surface area (Å²) < 4.78 is 0. The highest BCUT2D eigenvalue weighted by Gasteiger charge is 1.83. The lowest BCUT2D eigenvalue weighted by Gasteiger charge is -1.95. The molecule has 0 heterocycles. The van der Waals surface area contributed by atoms with Gasteiger partial charge in [-0.1, -0.05) is 19.0 Å². The van der Waals surface area contributed by atoms with E-state index in [0.717, 1.165) is 18.6 Å². The highest BCUT2D eigenvalue weighted by molar-refractivity contribution is 5.87. The average molecular weight is 128 g/mol. The molecule has 0 spiro atoms. The maximum Gasteiger partial charge on any atom is 0.116 e. The first-order valence-electron chi connectivity index (χ1n) is 3.32. The first-order valence-corrected chi connectivity index (χ1v) is 3.32. The van der Waals surface area contributed by atoms with Crippen LogP contribution in [0.25, 0.3) is 0 Å². The molecule has 0 aromatic rings. The number of hydrogen-bond donors (Lipinski definition) is 0. The Hall–Kier alpha value is -0.530. The van der Waals surface area contributed by atoms with Gasteiger partial charge in [0.2, 0.25) is 0 Å². The zero-order valence-electron chi connectivity index (χ0n) is 6.18. The Morgan fingerprint density at radius 3 is 2.67 bits per heavy atom. The molecule has 0 atom stereocenters. The molecule has 9 heavy (non-hydrogen) atoms. The van der Waals surface area contributed by atoms with Gasteiger partial charge in [-0.2, -0.15) is 0 Å². The SMILES string of the molecule is [CH2]C(CC)=NOCCC. The van der Waals surface area contributed by atoms with Gasteiger partial charge < -0.3 is 4.84 Å². The Balaban J connectivity index is 3.21. The van der Waals surface area contributed by atoms with Crippen LogP contribution in [-0.4, -0.2) is 12.3 Å². The zero-order valence-corrected chi connectivity index (χ0v) is 6.18. The van der Waals surface area contributed by atoms with Crippen molar-refractivity contribution in [2.24, 2.45) is 5.16 Å². The van der Waals surface area contributed by atoms with Crippen molar-refractivity contribution in [3.05, 3.63) is 6.92 Å². The van der Waals surface area contributed by atoms with Gasteiger partial charge in [0, 0.05) is 0 Å². The molecule has 2 heteroatoms. The number of oxime groups is 1. The summed E-state index contributed by atoms with van der Waals surface area (Å²) in [5, 5.41) is 3.74. The quantitative estimate of drug-likeness (QED) is 0.322. The third-order valence-corrected chi connectivity index (χ3v) is 0.897. The molecule has 1 radical (unpaired) electrons. The Morgan fingerprint density at radius 2 is 2.22 bits per heavy atom. The molecule has 0 aliphatic rings. The molecule has 0 saturated heterocycles. The molecule has 0 bridgehead atoms. The molecule has 0 fully saturated rings. The normalized spacial score (nSPS) is 11.7. The Morgan fingerprint density at radius 1 is 1.56 bits per heavy atom. The smallest absolute Gasteiger partial charge is 0.116 e. The summed E-state index contributed by atoms with van der Waals surface area (Å²) in [6, 6.07) is 0. The van der Waals surface area contributed by atoms with Gasteiger partial charge >= 0.3 is 0 Å². The van der Waals surface area contributed by atoms with Crippen molar-refractivity contribution < 1.29 is 4.84 Å². The number of nitrogens with zero attached hydrogens (tertiary/aromatic N) is 1. The van der Waals surface area contributed by atoms with Gasteiger partial charge in [0.1, 0.15) is 6.61 Å². The van der Waals surface area contributed by atoms with Crippen LogP contribution in [0.1, 0.15) is 26.7 Å². The third-order valence-electron chi connectivity index (χ3n) is 0.897. The van der Waals surface area contributed by atoms with Crippen LogP contribution < -0.4 is 0 Å². The molecule has 0 aliphatic carbocycles. The summed E-state index contributed by atoms with van der Waals surface area (Å²) >= 11 is 0. The average Bonchev–Trinajstić information content (AvgIpc) is 1.89. The molecule has 0 saturated carbocycles. The molecule has 0 N–H and O–H groups in total. The minimum Gasteiger partial charge on any atom is -0.396 e. The third kappa shape index (κ3) is 5.34. The van der Waals surface area contributed by atoms with Gasteiger partial charge in [-0.15, -0.1) is 0 Å². The molecule has 0 aromatic heterocycles. The van der Waals surface area contributed by atoms with Crippen LogP contribution in [0.2, 0.25) is 0 Å². The molecule has 0 amide bonds. The van der Waals surface area contributed by atoms with E-state index in [9.17, 15) is 0 Å². The number of rotatable bonds is 4. The molecule has 0 unspecified atom stereocenters. The zero-order chi connectivity index (χ0) is 7.11. The van der Waals surface area contributed by atoms with Gasteiger partial charge in [-0.3, -0.25) is 0 Å². The van der Waals surface area contributed by atoms with Gasteiger partial charge in [0.25, 0.3) is 0 Å². The first-order chi connectivity index (χ1) is 4.31. The fourth-order valence-electron chi connectivity index (χ4n) is 0.293. The molecular weight excluding hydrogens is 114 g/mol. The topological polar surface area (TPSA) is 21.6 Å².